The van der Waals surface area contributed by atoms with Crippen LogP contribution in [0.2, 0.25) is 0 Å². The van der Waals surface area contributed by atoms with E-state index in [9.17, 15) is 0 Å². The van der Waals surface area contributed by atoms with E-state index in [0.29, 0.717) is 0 Å². The maximum atomic E-state index is 2.72. The molecule has 0 amide bonds. The number of anilines is 6. The van der Waals surface area contributed by atoms with E-state index in [1.54, 1.807) is 0 Å². The monoisotopic (exact) mass is 1800 g/mol. The van der Waals surface area contributed by atoms with E-state index in [1.165, 1.54) is 298 Å². The van der Waals surface area contributed by atoms with Crippen LogP contribution in [0.5, 0.6) is 0 Å². The van der Waals surface area contributed by atoms with Gasteiger partial charge in [-0.3, -0.25) is 0 Å². The molecule has 664 valence electrons. The molecule has 0 aromatic heterocycles. The van der Waals surface area contributed by atoms with Gasteiger partial charge in [0.15, 0.2) is 0 Å². The van der Waals surface area contributed by atoms with Crippen molar-refractivity contribution in [3.63, 3.8) is 0 Å². The minimum Gasteiger partial charge on any atom is -0.310 e. The fourth-order valence-corrected chi connectivity index (χ4v) is 29.2. The van der Waals surface area contributed by atoms with Gasteiger partial charge >= 0.3 is 0 Å². The molecule has 0 saturated heterocycles. The number of rotatable bonds is 8. The standard InChI is InChI=1S/2C70H47N/c1-2-21-46-44(19-1)20-17-30-47(46)60-42-59-56-29-10-14-35-64(56)70(62-33-12-8-26-53(62)54-27-9-13-34-63(54)70)65(59)43-67(60)71(66-36-18-31-57-55-28-7-11-32-61(55)69(68(57)66)39-15-16-40-69)45-37-38-52-50-24-4-3-22-48(50)49-23-5-6-25-51(49)58(52)41-45;1-2-20-47-44(18-1)19-17-29-48(47)61-42-60-57-28-10-14-33-66(57)70(64-31-12-8-25-54(64)55-26-9-13-32-65(55)70)67(60)43-68(61)71(46-35-37-63-59(41-46)56-27-7-11-30-62(56)69(63)38-15-16-39-69)45-34-36-53-51-23-4-3-21-49(51)50-22-5-6-24-52(50)58(53)40-45/h1-14,17-38,41-43H,15-16,39-40H2;1-14,17-37,40-43H,15-16,38-39H2. The molecule has 32 rings (SSSR count). The van der Waals surface area contributed by atoms with Gasteiger partial charge in [0.25, 0.3) is 0 Å². The Kier molecular flexibility index (Phi) is 17.0. The van der Waals surface area contributed by atoms with Crippen molar-refractivity contribution < 1.29 is 0 Å². The first-order chi connectivity index (χ1) is 70.4. The summed E-state index contributed by atoms with van der Waals surface area (Å²) in [6, 6.07) is 181. The van der Waals surface area contributed by atoms with E-state index in [4.69, 9.17) is 0 Å². The molecular weight excluding hydrogens is 1710 g/mol. The van der Waals surface area contributed by atoms with Gasteiger partial charge in [-0.25, -0.2) is 0 Å². The molecule has 8 aliphatic carbocycles. The Hall–Kier alpha value is -17.0. The van der Waals surface area contributed by atoms with Crippen LogP contribution >= 0.6 is 0 Å². The predicted octanol–water partition coefficient (Wildman–Crippen LogP) is 37.2. The summed E-state index contributed by atoms with van der Waals surface area (Å²) in [4.78, 5) is 5.35. The van der Waals surface area contributed by atoms with Crippen LogP contribution in [-0.2, 0) is 21.7 Å². The SMILES string of the molecule is c1ccc2c(c1)-c1cc(N(c3ccc4c5ccccc5c5ccccc5c4c3)c3cc4c(cc3-c3cccc5ccccc35)-c3ccccc3C43c4ccccc4-c4ccccc43)ccc1C21CCCC1.c1ccc2c(c1)-c1cccc(N(c3ccc4c5ccccc5c5ccccc5c4c3)c3cc4c(cc3-c3cccc5ccccc35)-c3ccccc3C43c4ccccc4-c4ccccc43)c1C21CCCC1. The summed E-state index contributed by atoms with van der Waals surface area (Å²) in [5, 5.41) is 20.3. The van der Waals surface area contributed by atoms with Crippen molar-refractivity contribution in [1.29, 1.82) is 0 Å². The Morgan fingerprint density at radius 2 is 0.401 bits per heavy atom. The van der Waals surface area contributed by atoms with Crippen LogP contribution < -0.4 is 9.80 Å². The molecule has 0 atom stereocenters. The van der Waals surface area contributed by atoms with Crippen LogP contribution in [0, 0.1) is 0 Å². The fraction of sp³-hybridized carbons (Fsp3) is 0.0857. The summed E-state index contributed by atoms with van der Waals surface area (Å²) in [5.74, 6) is 0. The largest absolute Gasteiger partial charge is 0.310 e. The lowest BCUT2D eigenvalue weighted by molar-refractivity contribution is 0.550. The van der Waals surface area contributed by atoms with Gasteiger partial charge < -0.3 is 9.80 Å². The van der Waals surface area contributed by atoms with Gasteiger partial charge in [0, 0.05) is 39.0 Å². The molecule has 2 fully saturated rings. The molecule has 8 aliphatic rings. The van der Waals surface area contributed by atoms with Crippen LogP contribution in [-0.4, -0.2) is 0 Å². The topological polar surface area (TPSA) is 6.48 Å². The molecule has 0 unspecified atom stereocenters. The highest BCUT2D eigenvalue weighted by Gasteiger charge is 2.56. The maximum absolute atomic E-state index is 2.72. The number of hydrogen-bond donors (Lipinski definition) is 0. The zero-order valence-electron chi connectivity index (χ0n) is 78.6. The van der Waals surface area contributed by atoms with Crippen LogP contribution in [0.25, 0.3) is 175 Å². The van der Waals surface area contributed by atoms with E-state index in [1.807, 2.05) is 0 Å². The van der Waals surface area contributed by atoms with Crippen molar-refractivity contribution in [2.75, 3.05) is 9.80 Å². The average Bonchev–Trinajstić information content (AvgIpc) is 1.51. The summed E-state index contributed by atoms with van der Waals surface area (Å²) >= 11 is 0. The highest BCUT2D eigenvalue weighted by molar-refractivity contribution is 6.28. The molecular formula is C140H94N2. The van der Waals surface area contributed by atoms with Crippen molar-refractivity contribution in [1.82, 2.24) is 0 Å². The maximum Gasteiger partial charge on any atom is 0.0726 e. The fourth-order valence-electron chi connectivity index (χ4n) is 29.2. The van der Waals surface area contributed by atoms with Crippen molar-refractivity contribution >= 4 is 120 Å². The number of hydrogen-bond acceptors (Lipinski definition) is 2. The summed E-state index contributed by atoms with van der Waals surface area (Å²) < 4.78 is 0. The molecule has 0 N–H and O–H groups in total. The molecule has 2 nitrogen and oxygen atoms in total. The molecule has 0 aliphatic heterocycles. The highest BCUT2D eigenvalue weighted by atomic mass is 15.2. The second-order valence-corrected chi connectivity index (χ2v) is 41.1. The normalized spacial score (nSPS) is 15.0. The highest BCUT2D eigenvalue weighted by Crippen LogP contribution is 2.70. The first-order valence-corrected chi connectivity index (χ1v) is 51.1. The number of benzene rings is 24. The van der Waals surface area contributed by atoms with Gasteiger partial charge in [-0.2, -0.15) is 0 Å². The van der Waals surface area contributed by atoms with E-state index >= 15 is 0 Å². The van der Waals surface area contributed by atoms with Gasteiger partial charge in [-0.1, -0.05) is 432 Å². The van der Waals surface area contributed by atoms with Crippen LogP contribution in [0.15, 0.2) is 473 Å². The lowest BCUT2D eigenvalue weighted by Gasteiger charge is -2.36. The quantitative estimate of drug-likeness (QED) is 0.140. The Bertz CT molecular complexity index is 9440. The predicted molar refractivity (Wildman–Crippen MR) is 595 cm³/mol. The average molecular weight is 1800 g/mol. The second kappa shape index (κ2) is 30.2. The molecule has 142 heavy (non-hydrogen) atoms. The Labute approximate surface area is 826 Å². The molecule has 24 aromatic carbocycles. The third kappa shape index (κ3) is 10.8. The van der Waals surface area contributed by atoms with Crippen molar-refractivity contribution in [2.24, 2.45) is 0 Å². The van der Waals surface area contributed by atoms with Crippen molar-refractivity contribution in [2.45, 2.75) is 73.0 Å². The van der Waals surface area contributed by atoms with Gasteiger partial charge in [0.05, 0.1) is 27.9 Å². The Morgan fingerprint density at radius 3 is 0.817 bits per heavy atom. The van der Waals surface area contributed by atoms with Crippen LogP contribution in [0.4, 0.5) is 34.1 Å². The first kappa shape index (κ1) is 80.0. The number of nitrogens with zero attached hydrogens (tertiary/aromatic N) is 2. The van der Waals surface area contributed by atoms with E-state index in [0.717, 1.165) is 29.9 Å². The molecule has 0 heterocycles. The van der Waals surface area contributed by atoms with Gasteiger partial charge in [-0.05, 0) is 323 Å². The van der Waals surface area contributed by atoms with E-state index in [2.05, 4.69) is 483 Å². The smallest absolute Gasteiger partial charge is 0.0726 e. The summed E-state index contributed by atoms with van der Waals surface area (Å²) in [6.07, 6.45) is 9.66. The lowest BCUT2D eigenvalue weighted by Crippen LogP contribution is -2.27. The zero-order chi connectivity index (χ0) is 92.8. The molecule has 4 spiro atoms. The van der Waals surface area contributed by atoms with Crippen LogP contribution in [0.1, 0.15) is 118 Å². The summed E-state index contributed by atoms with van der Waals surface area (Å²) in [5.41, 5.74) is 43.7. The minimum atomic E-state index is -0.517. The van der Waals surface area contributed by atoms with Gasteiger partial charge in [0.2, 0.25) is 0 Å². The molecule has 2 saturated carbocycles. The third-order valence-corrected chi connectivity index (χ3v) is 34.8. The molecule has 24 aromatic rings. The summed E-state index contributed by atoms with van der Waals surface area (Å²) in [6.45, 7) is 0. The molecule has 2 heteroatoms. The number of fused-ring (bicyclic) bond motifs is 44. The second-order valence-electron chi connectivity index (χ2n) is 41.1. The Balaban J connectivity index is 0.000000130. The van der Waals surface area contributed by atoms with Crippen molar-refractivity contribution in [3.05, 3.63) is 540 Å². The summed E-state index contributed by atoms with van der Waals surface area (Å²) in [7, 11) is 0. The lowest BCUT2D eigenvalue weighted by atomic mass is 9.70. The zero-order valence-corrected chi connectivity index (χ0v) is 78.6. The van der Waals surface area contributed by atoms with Gasteiger partial charge in [0.1, 0.15) is 0 Å². The molecule has 0 bridgehead atoms. The molecule has 0 radical (unpaired) electrons. The van der Waals surface area contributed by atoms with E-state index in [-0.39, 0.29) is 10.8 Å². The van der Waals surface area contributed by atoms with Crippen LogP contribution in [0.3, 0.4) is 0 Å². The first-order valence-electron chi connectivity index (χ1n) is 51.1. The third-order valence-electron chi connectivity index (χ3n) is 34.8. The van der Waals surface area contributed by atoms with Crippen molar-refractivity contribution in [3.8, 4) is 89.0 Å². The minimum absolute atomic E-state index is 0.0707. The Morgan fingerprint density at radius 1 is 0.141 bits per heavy atom. The van der Waals surface area contributed by atoms with Gasteiger partial charge in [-0.15, -0.1) is 0 Å². The van der Waals surface area contributed by atoms with E-state index < -0.39 is 10.8 Å².